The fraction of sp³-hybridized carbons (Fsp3) is 0.500. The van der Waals surface area contributed by atoms with Gasteiger partial charge in [0, 0.05) is 25.2 Å². The fourth-order valence-electron chi connectivity index (χ4n) is 2.53. The summed E-state index contributed by atoms with van der Waals surface area (Å²) in [6.07, 6.45) is 1.96. The van der Waals surface area contributed by atoms with Crippen LogP contribution >= 0.6 is 11.6 Å². The van der Waals surface area contributed by atoms with Crippen molar-refractivity contribution >= 4 is 23.3 Å². The van der Waals surface area contributed by atoms with E-state index in [1.807, 2.05) is 0 Å². The molecule has 0 bridgehead atoms. The molecule has 1 N–H and O–H groups in total. The zero-order valence-electron chi connectivity index (χ0n) is 11.1. The first-order chi connectivity index (χ1) is 8.95. The Balaban J connectivity index is 2.33. The highest BCUT2D eigenvalue weighted by Gasteiger charge is 2.32. The molecule has 1 atom stereocenters. The number of anilines is 1. The normalized spacial score (nSPS) is 23.4. The van der Waals surface area contributed by atoms with Gasteiger partial charge in [-0.05, 0) is 38.0 Å². The van der Waals surface area contributed by atoms with Crippen LogP contribution in [0.3, 0.4) is 0 Å². The predicted octanol–water partition coefficient (Wildman–Crippen LogP) is 3.04. The maximum atomic E-state index is 11.3. The number of aromatic carboxylic acids is 1. The monoisotopic (exact) mass is 283 g/mol. The van der Waals surface area contributed by atoms with Gasteiger partial charge in [0.1, 0.15) is 0 Å². The number of carboxylic acids is 1. The lowest BCUT2D eigenvalue weighted by molar-refractivity contribution is -0.00472. The summed E-state index contributed by atoms with van der Waals surface area (Å²) in [4.78, 5) is 13.4. The first-order valence-electron chi connectivity index (χ1n) is 6.28. The second-order valence-corrected chi connectivity index (χ2v) is 5.58. The maximum Gasteiger partial charge on any atom is 0.337 e. The number of hydrogen-bond donors (Lipinski definition) is 1. The van der Waals surface area contributed by atoms with E-state index in [0.29, 0.717) is 17.3 Å². The minimum atomic E-state index is -0.956. The molecule has 2 rings (SSSR count). The average Bonchev–Trinajstić information content (AvgIpc) is 2.38. The van der Waals surface area contributed by atoms with Crippen molar-refractivity contribution in [2.45, 2.75) is 25.4 Å². The van der Waals surface area contributed by atoms with E-state index in [1.165, 1.54) is 6.07 Å². The number of rotatable bonds is 3. The number of methoxy groups -OCH3 is 1. The van der Waals surface area contributed by atoms with E-state index in [2.05, 4.69) is 11.8 Å². The van der Waals surface area contributed by atoms with Crippen LogP contribution in [0.15, 0.2) is 18.2 Å². The Morgan fingerprint density at radius 1 is 1.53 bits per heavy atom. The van der Waals surface area contributed by atoms with Crippen molar-refractivity contribution in [1.29, 1.82) is 0 Å². The van der Waals surface area contributed by atoms with Gasteiger partial charge >= 0.3 is 5.97 Å². The lowest BCUT2D eigenvalue weighted by atomic mass is 9.94. The van der Waals surface area contributed by atoms with Gasteiger partial charge in [-0.25, -0.2) is 4.79 Å². The van der Waals surface area contributed by atoms with E-state index in [9.17, 15) is 9.90 Å². The van der Waals surface area contributed by atoms with E-state index in [1.54, 1.807) is 19.2 Å². The third-order valence-electron chi connectivity index (χ3n) is 3.68. The van der Waals surface area contributed by atoms with Gasteiger partial charge in [0.2, 0.25) is 0 Å². The molecule has 1 heterocycles. The Labute approximate surface area is 117 Å². The van der Waals surface area contributed by atoms with E-state index in [4.69, 9.17) is 16.3 Å². The minimum Gasteiger partial charge on any atom is -0.478 e. The third-order valence-corrected chi connectivity index (χ3v) is 3.92. The SMILES string of the molecule is COC1(C)CCCN(c2ccc(Cl)cc2C(=O)O)C1. The van der Waals surface area contributed by atoms with Crippen molar-refractivity contribution in [1.82, 2.24) is 0 Å². The zero-order valence-corrected chi connectivity index (χ0v) is 11.9. The second-order valence-electron chi connectivity index (χ2n) is 5.15. The molecule has 1 unspecified atom stereocenters. The number of piperidine rings is 1. The molecule has 1 aromatic carbocycles. The minimum absolute atomic E-state index is 0.229. The molecular weight excluding hydrogens is 266 g/mol. The van der Waals surface area contributed by atoms with E-state index in [-0.39, 0.29) is 11.2 Å². The highest BCUT2D eigenvalue weighted by atomic mass is 35.5. The van der Waals surface area contributed by atoms with Gasteiger partial charge in [-0.2, -0.15) is 0 Å². The molecule has 0 radical (unpaired) electrons. The van der Waals surface area contributed by atoms with Crippen LogP contribution in [-0.4, -0.2) is 36.9 Å². The third kappa shape index (κ3) is 3.01. The fourth-order valence-corrected chi connectivity index (χ4v) is 2.71. The van der Waals surface area contributed by atoms with Crippen molar-refractivity contribution in [3.63, 3.8) is 0 Å². The number of halogens is 1. The largest absolute Gasteiger partial charge is 0.478 e. The Morgan fingerprint density at radius 2 is 2.26 bits per heavy atom. The number of hydrogen-bond acceptors (Lipinski definition) is 3. The smallest absolute Gasteiger partial charge is 0.337 e. The van der Waals surface area contributed by atoms with Gasteiger partial charge < -0.3 is 14.7 Å². The predicted molar refractivity (Wildman–Crippen MR) is 75.3 cm³/mol. The second kappa shape index (κ2) is 5.39. The summed E-state index contributed by atoms with van der Waals surface area (Å²) in [7, 11) is 1.70. The molecular formula is C14H18ClNO3. The van der Waals surface area contributed by atoms with Crippen LogP contribution in [-0.2, 0) is 4.74 Å². The van der Waals surface area contributed by atoms with E-state index < -0.39 is 5.97 Å². The molecule has 4 nitrogen and oxygen atoms in total. The molecule has 19 heavy (non-hydrogen) atoms. The summed E-state index contributed by atoms with van der Waals surface area (Å²) >= 11 is 5.88. The molecule has 1 saturated heterocycles. The van der Waals surface area contributed by atoms with Gasteiger partial charge in [0.05, 0.1) is 16.9 Å². The average molecular weight is 284 g/mol. The summed E-state index contributed by atoms with van der Waals surface area (Å²) < 4.78 is 5.54. The highest BCUT2D eigenvalue weighted by molar-refractivity contribution is 6.31. The van der Waals surface area contributed by atoms with Crippen LogP contribution < -0.4 is 4.90 Å². The van der Waals surface area contributed by atoms with Crippen LogP contribution in [0.2, 0.25) is 5.02 Å². The maximum absolute atomic E-state index is 11.3. The number of carbonyl (C=O) groups is 1. The number of benzene rings is 1. The van der Waals surface area contributed by atoms with E-state index >= 15 is 0 Å². The van der Waals surface area contributed by atoms with Gasteiger partial charge in [0.15, 0.2) is 0 Å². The number of nitrogens with zero attached hydrogens (tertiary/aromatic N) is 1. The molecule has 5 heteroatoms. The Hall–Kier alpha value is -1.26. The molecule has 0 saturated carbocycles. The van der Waals surface area contributed by atoms with Crippen molar-refractivity contribution < 1.29 is 14.6 Å². The molecule has 0 spiro atoms. The topological polar surface area (TPSA) is 49.8 Å². The summed E-state index contributed by atoms with van der Waals surface area (Å²) in [6, 6.07) is 4.99. The summed E-state index contributed by atoms with van der Waals surface area (Å²) in [5.74, 6) is -0.956. The summed E-state index contributed by atoms with van der Waals surface area (Å²) in [5, 5.41) is 9.73. The van der Waals surface area contributed by atoms with Gasteiger partial charge in [-0.1, -0.05) is 11.6 Å². The Morgan fingerprint density at radius 3 is 2.89 bits per heavy atom. The quantitative estimate of drug-likeness (QED) is 0.926. The van der Waals surface area contributed by atoms with E-state index in [0.717, 1.165) is 19.4 Å². The highest BCUT2D eigenvalue weighted by Crippen LogP contribution is 2.31. The molecule has 0 aliphatic carbocycles. The molecule has 0 aromatic heterocycles. The molecule has 1 fully saturated rings. The molecule has 1 aliphatic rings. The lowest BCUT2D eigenvalue weighted by Gasteiger charge is -2.41. The van der Waals surface area contributed by atoms with Gasteiger partial charge in [-0.15, -0.1) is 0 Å². The Bertz CT molecular complexity index is 492. The molecule has 0 amide bonds. The summed E-state index contributed by atoms with van der Waals surface area (Å²) in [6.45, 7) is 3.57. The van der Waals surface area contributed by atoms with Crippen LogP contribution in [0.1, 0.15) is 30.1 Å². The Kier molecular flexibility index (Phi) is 4.02. The van der Waals surface area contributed by atoms with Crippen molar-refractivity contribution in [2.24, 2.45) is 0 Å². The van der Waals surface area contributed by atoms with Crippen LogP contribution in [0, 0.1) is 0 Å². The first-order valence-corrected chi connectivity index (χ1v) is 6.66. The first kappa shape index (κ1) is 14.2. The van der Waals surface area contributed by atoms with Crippen LogP contribution in [0.5, 0.6) is 0 Å². The number of ether oxygens (including phenoxy) is 1. The van der Waals surface area contributed by atoms with Crippen molar-refractivity contribution in [2.75, 3.05) is 25.1 Å². The molecule has 104 valence electrons. The molecule has 1 aliphatic heterocycles. The summed E-state index contributed by atoms with van der Waals surface area (Å²) in [5.41, 5.74) is 0.723. The van der Waals surface area contributed by atoms with Crippen molar-refractivity contribution in [3.05, 3.63) is 28.8 Å². The number of carboxylic acid groups (broad SMARTS) is 1. The van der Waals surface area contributed by atoms with Crippen molar-refractivity contribution in [3.8, 4) is 0 Å². The van der Waals surface area contributed by atoms with Crippen LogP contribution in [0.4, 0.5) is 5.69 Å². The van der Waals surface area contributed by atoms with Crippen LogP contribution in [0.25, 0.3) is 0 Å². The lowest BCUT2D eigenvalue weighted by Crippen LogP contribution is -2.47. The van der Waals surface area contributed by atoms with Gasteiger partial charge in [-0.3, -0.25) is 0 Å². The van der Waals surface area contributed by atoms with Gasteiger partial charge in [0.25, 0.3) is 0 Å². The zero-order chi connectivity index (χ0) is 14.0. The standard InChI is InChI=1S/C14H18ClNO3/c1-14(19-2)6-3-7-16(9-14)12-5-4-10(15)8-11(12)13(17)18/h4-5,8H,3,6-7,9H2,1-2H3,(H,17,18). The molecule has 1 aromatic rings.